The molecule has 0 radical (unpaired) electrons. The predicted octanol–water partition coefficient (Wildman–Crippen LogP) is 3.05. The fourth-order valence-corrected chi connectivity index (χ4v) is 3.30. The molecule has 1 saturated heterocycles. The van der Waals surface area contributed by atoms with E-state index in [2.05, 4.69) is 42.0 Å². The summed E-state index contributed by atoms with van der Waals surface area (Å²) in [5, 5.41) is 3.39. The minimum Gasteiger partial charge on any atom is -0.340 e. The number of nitrogens with zero attached hydrogens (tertiary/aromatic N) is 2. The quantitative estimate of drug-likeness (QED) is 0.913. The van der Waals surface area contributed by atoms with Crippen LogP contribution in [0.4, 0.5) is 0 Å². The van der Waals surface area contributed by atoms with Gasteiger partial charge in [-0.3, -0.25) is 4.79 Å². The minimum absolute atomic E-state index is 0.139. The second kappa shape index (κ2) is 6.76. The molecule has 0 saturated carbocycles. The van der Waals surface area contributed by atoms with Gasteiger partial charge in [0, 0.05) is 35.8 Å². The third-order valence-electron chi connectivity index (χ3n) is 3.90. The largest absolute Gasteiger partial charge is 0.340 e. The van der Waals surface area contributed by atoms with Crippen LogP contribution in [0.2, 0.25) is 0 Å². The van der Waals surface area contributed by atoms with E-state index in [-0.39, 0.29) is 11.9 Å². The van der Waals surface area contributed by atoms with E-state index in [1.807, 2.05) is 21.7 Å². The Balaban J connectivity index is 2.23. The third kappa shape index (κ3) is 3.26. The number of rotatable bonds is 4. The van der Waals surface area contributed by atoms with Crippen molar-refractivity contribution in [2.24, 2.45) is 0 Å². The van der Waals surface area contributed by atoms with Crippen molar-refractivity contribution < 1.29 is 4.79 Å². The molecule has 1 unspecified atom stereocenters. The number of likely N-dealkylation sites (N-methyl/N-ethyl adjacent to an activating group) is 1. The highest BCUT2D eigenvalue weighted by Gasteiger charge is 2.27. The molecule has 0 aliphatic carbocycles. The fraction of sp³-hybridized carbons (Fsp3) is 0.667. The summed E-state index contributed by atoms with van der Waals surface area (Å²) < 4.78 is 3.01. The van der Waals surface area contributed by atoms with E-state index in [1.54, 1.807) is 0 Å². The number of carbonyl (C=O) groups is 1. The van der Waals surface area contributed by atoms with Crippen molar-refractivity contribution in [3.8, 4) is 0 Å². The van der Waals surface area contributed by atoms with Crippen LogP contribution in [0.5, 0.6) is 0 Å². The number of piperidine rings is 1. The van der Waals surface area contributed by atoms with Gasteiger partial charge in [-0.1, -0.05) is 0 Å². The van der Waals surface area contributed by atoms with Crippen LogP contribution in [0, 0.1) is 0 Å². The summed E-state index contributed by atoms with van der Waals surface area (Å²) in [4.78, 5) is 14.9. The van der Waals surface area contributed by atoms with E-state index >= 15 is 0 Å². The molecule has 4 nitrogen and oxygen atoms in total. The highest BCUT2D eigenvalue weighted by molar-refractivity contribution is 9.10. The molecule has 1 aliphatic rings. The zero-order valence-corrected chi connectivity index (χ0v) is 14.1. The Morgan fingerprint density at radius 2 is 2.35 bits per heavy atom. The van der Waals surface area contributed by atoms with Gasteiger partial charge in [0.25, 0.3) is 5.91 Å². The van der Waals surface area contributed by atoms with Gasteiger partial charge in [-0.25, -0.2) is 0 Å². The van der Waals surface area contributed by atoms with Gasteiger partial charge < -0.3 is 14.8 Å². The first-order chi connectivity index (χ1) is 9.54. The molecular weight excluding hydrogens is 318 g/mol. The van der Waals surface area contributed by atoms with Crippen LogP contribution in [0.25, 0.3) is 0 Å². The molecule has 20 heavy (non-hydrogen) atoms. The van der Waals surface area contributed by atoms with Crippen molar-refractivity contribution in [2.45, 2.75) is 45.7 Å². The highest BCUT2D eigenvalue weighted by Crippen LogP contribution is 2.22. The Bertz CT molecular complexity index is 464. The summed E-state index contributed by atoms with van der Waals surface area (Å²) in [5.74, 6) is 0.139. The van der Waals surface area contributed by atoms with Crippen LogP contribution >= 0.6 is 15.9 Å². The van der Waals surface area contributed by atoms with Gasteiger partial charge in [-0.05, 0) is 62.2 Å². The Hall–Kier alpha value is -0.810. The van der Waals surface area contributed by atoms with Gasteiger partial charge in [0.1, 0.15) is 5.69 Å². The normalized spacial score (nSPS) is 19.4. The summed E-state index contributed by atoms with van der Waals surface area (Å²) in [6.45, 7) is 8.99. The Labute approximate surface area is 129 Å². The molecule has 1 amide bonds. The molecule has 1 aromatic heterocycles. The summed E-state index contributed by atoms with van der Waals surface area (Å²) in [7, 11) is 0. The Kier molecular flexibility index (Phi) is 5.27. The van der Waals surface area contributed by atoms with E-state index in [4.69, 9.17) is 0 Å². The highest BCUT2D eigenvalue weighted by atomic mass is 79.9. The summed E-state index contributed by atoms with van der Waals surface area (Å²) in [6, 6.07) is 2.53. The van der Waals surface area contributed by atoms with E-state index in [0.29, 0.717) is 6.04 Å². The van der Waals surface area contributed by atoms with Crippen LogP contribution in [0.3, 0.4) is 0 Å². The maximum absolute atomic E-state index is 12.9. The maximum atomic E-state index is 12.9. The fourth-order valence-electron chi connectivity index (χ4n) is 2.86. The lowest BCUT2D eigenvalue weighted by Crippen LogP contribution is -2.49. The summed E-state index contributed by atoms with van der Waals surface area (Å²) in [6.07, 6.45) is 4.23. The van der Waals surface area contributed by atoms with Crippen LogP contribution in [0.1, 0.15) is 50.1 Å². The molecule has 1 N–H and O–H groups in total. The van der Waals surface area contributed by atoms with E-state index in [0.717, 1.165) is 42.6 Å². The SMILES string of the molecule is CCN(C(=O)c1cc(Br)cn1C(C)C)C1CCCNC1. The van der Waals surface area contributed by atoms with Gasteiger partial charge >= 0.3 is 0 Å². The number of amides is 1. The van der Waals surface area contributed by atoms with Crippen molar-refractivity contribution in [1.82, 2.24) is 14.8 Å². The molecule has 0 aromatic carbocycles. The van der Waals surface area contributed by atoms with Crippen molar-refractivity contribution >= 4 is 21.8 Å². The second-order valence-corrected chi connectivity index (χ2v) is 6.55. The average molecular weight is 342 g/mol. The molecular formula is C15H24BrN3O. The van der Waals surface area contributed by atoms with Crippen molar-refractivity contribution in [3.05, 3.63) is 22.4 Å². The Morgan fingerprint density at radius 3 is 2.90 bits per heavy atom. The molecule has 1 fully saturated rings. The van der Waals surface area contributed by atoms with E-state index < -0.39 is 0 Å². The summed E-state index contributed by atoms with van der Waals surface area (Å²) >= 11 is 3.48. The molecule has 2 heterocycles. The first kappa shape index (κ1) is 15.6. The lowest BCUT2D eigenvalue weighted by molar-refractivity contribution is 0.0649. The van der Waals surface area contributed by atoms with Crippen LogP contribution in [0.15, 0.2) is 16.7 Å². The van der Waals surface area contributed by atoms with Crippen LogP contribution in [-0.2, 0) is 0 Å². The third-order valence-corrected chi connectivity index (χ3v) is 4.34. The molecule has 0 bridgehead atoms. The predicted molar refractivity (Wildman–Crippen MR) is 85.1 cm³/mol. The summed E-state index contributed by atoms with van der Waals surface area (Å²) in [5.41, 5.74) is 0.777. The molecule has 1 aromatic rings. The van der Waals surface area contributed by atoms with Crippen molar-refractivity contribution in [1.29, 1.82) is 0 Å². The zero-order chi connectivity index (χ0) is 14.7. The monoisotopic (exact) mass is 341 g/mol. The van der Waals surface area contributed by atoms with Gasteiger partial charge in [-0.2, -0.15) is 0 Å². The molecule has 1 aliphatic heterocycles. The maximum Gasteiger partial charge on any atom is 0.270 e. The minimum atomic E-state index is 0.139. The first-order valence-corrected chi connectivity index (χ1v) is 8.23. The van der Waals surface area contributed by atoms with Crippen LogP contribution in [-0.4, -0.2) is 41.1 Å². The van der Waals surface area contributed by atoms with Crippen molar-refractivity contribution in [2.75, 3.05) is 19.6 Å². The molecule has 2 rings (SSSR count). The molecule has 5 heteroatoms. The molecule has 1 atom stereocenters. The zero-order valence-electron chi connectivity index (χ0n) is 12.5. The standard InChI is InChI=1S/C15H24BrN3O/c1-4-18(13-6-5-7-17-9-13)15(20)14-8-12(16)10-19(14)11(2)3/h8,10-11,13,17H,4-7,9H2,1-3H3. The number of hydrogen-bond acceptors (Lipinski definition) is 2. The van der Waals surface area contributed by atoms with Gasteiger partial charge in [-0.15, -0.1) is 0 Å². The van der Waals surface area contributed by atoms with E-state index in [9.17, 15) is 4.79 Å². The topological polar surface area (TPSA) is 37.3 Å². The lowest BCUT2D eigenvalue weighted by Gasteiger charge is -2.34. The van der Waals surface area contributed by atoms with Crippen LogP contribution < -0.4 is 5.32 Å². The number of halogens is 1. The van der Waals surface area contributed by atoms with Crippen molar-refractivity contribution in [3.63, 3.8) is 0 Å². The Morgan fingerprint density at radius 1 is 1.60 bits per heavy atom. The number of aromatic nitrogens is 1. The molecule has 0 spiro atoms. The number of hydrogen-bond donors (Lipinski definition) is 1. The lowest BCUT2D eigenvalue weighted by atomic mass is 10.1. The second-order valence-electron chi connectivity index (χ2n) is 5.64. The van der Waals surface area contributed by atoms with Gasteiger partial charge in [0.2, 0.25) is 0 Å². The van der Waals surface area contributed by atoms with E-state index in [1.165, 1.54) is 0 Å². The average Bonchev–Trinajstić information content (AvgIpc) is 2.83. The molecule has 112 valence electrons. The van der Waals surface area contributed by atoms with Gasteiger partial charge in [0.05, 0.1) is 0 Å². The van der Waals surface area contributed by atoms with Gasteiger partial charge in [0.15, 0.2) is 0 Å². The number of nitrogens with one attached hydrogen (secondary N) is 1. The smallest absolute Gasteiger partial charge is 0.270 e. The number of carbonyl (C=O) groups excluding carboxylic acids is 1. The first-order valence-electron chi connectivity index (χ1n) is 7.43.